The van der Waals surface area contributed by atoms with Crippen LogP contribution in [0.25, 0.3) is 11.4 Å². The van der Waals surface area contributed by atoms with Gasteiger partial charge in [0.05, 0.1) is 26.0 Å². The van der Waals surface area contributed by atoms with Crippen molar-refractivity contribution in [2.45, 2.75) is 32.2 Å². The van der Waals surface area contributed by atoms with Crippen LogP contribution < -0.4 is 9.47 Å². The van der Waals surface area contributed by atoms with Crippen LogP contribution in [0, 0.1) is 0 Å². The van der Waals surface area contributed by atoms with E-state index in [9.17, 15) is 10.1 Å². The zero-order valence-corrected chi connectivity index (χ0v) is 15.0. The summed E-state index contributed by atoms with van der Waals surface area (Å²) < 4.78 is 16.3. The Morgan fingerprint density at radius 1 is 1.27 bits per heavy atom. The van der Waals surface area contributed by atoms with E-state index in [1.54, 1.807) is 13.2 Å². The third-order valence-corrected chi connectivity index (χ3v) is 4.24. The third kappa shape index (κ3) is 4.15. The van der Waals surface area contributed by atoms with Crippen molar-refractivity contribution in [3.8, 4) is 22.9 Å². The summed E-state index contributed by atoms with van der Waals surface area (Å²) in [7, 11) is 0.825. The molecule has 2 aromatic rings. The molecule has 1 atom stereocenters. The van der Waals surface area contributed by atoms with Gasteiger partial charge in [-0.25, -0.2) is 9.97 Å². The topological polar surface area (TPSA) is 93.9 Å². The maximum absolute atomic E-state index is 9.60. The van der Waals surface area contributed by atoms with Crippen molar-refractivity contribution >= 4 is 7.12 Å². The predicted octanol–water partition coefficient (Wildman–Crippen LogP) is 2.03. The van der Waals surface area contributed by atoms with Gasteiger partial charge in [-0.2, -0.15) is 0 Å². The fourth-order valence-electron chi connectivity index (χ4n) is 2.89. The van der Waals surface area contributed by atoms with E-state index in [-0.39, 0.29) is 12.5 Å². The van der Waals surface area contributed by atoms with E-state index in [0.29, 0.717) is 42.6 Å². The van der Waals surface area contributed by atoms with Gasteiger partial charge in [-0.15, -0.1) is 0 Å². The summed E-state index contributed by atoms with van der Waals surface area (Å²) in [6.07, 6.45) is 1.37. The van der Waals surface area contributed by atoms with Crippen LogP contribution in [-0.4, -0.2) is 47.5 Å². The molecule has 0 saturated carbocycles. The van der Waals surface area contributed by atoms with Crippen LogP contribution >= 0.6 is 0 Å². The number of aromatic nitrogens is 2. The number of nitrogens with zero attached hydrogens (tertiary/aromatic N) is 2. The standard InChI is InChI=1S/C18H23BN2O5/c1-3-6-25-17-7-12(4-5-16(17)24-2)18-20-14(10-22)8-15(21-18)13-9-19(23)26-11-13/h4-5,7-8,13,22-23H,3,6,9-11H2,1-2H3/t13-/m1/s1. The smallest absolute Gasteiger partial charge is 0.454 e. The Kier molecular flexibility index (Phi) is 6.08. The molecule has 1 fully saturated rings. The largest absolute Gasteiger partial charge is 0.493 e. The van der Waals surface area contributed by atoms with Crippen LogP contribution in [0.5, 0.6) is 11.5 Å². The molecule has 1 aromatic carbocycles. The van der Waals surface area contributed by atoms with Gasteiger partial charge in [-0.05, 0) is 37.0 Å². The van der Waals surface area contributed by atoms with E-state index in [1.807, 2.05) is 25.1 Å². The lowest BCUT2D eigenvalue weighted by Crippen LogP contribution is -2.08. The lowest BCUT2D eigenvalue weighted by Gasteiger charge is -2.14. The van der Waals surface area contributed by atoms with E-state index in [4.69, 9.17) is 14.1 Å². The summed E-state index contributed by atoms with van der Waals surface area (Å²) in [5, 5.41) is 19.2. The van der Waals surface area contributed by atoms with Gasteiger partial charge in [0.25, 0.3) is 0 Å². The number of benzene rings is 1. The average Bonchev–Trinajstić information content (AvgIpc) is 3.12. The van der Waals surface area contributed by atoms with Gasteiger partial charge in [0.15, 0.2) is 17.3 Å². The Balaban J connectivity index is 1.97. The Labute approximate surface area is 153 Å². The first-order valence-electron chi connectivity index (χ1n) is 8.74. The fourth-order valence-corrected chi connectivity index (χ4v) is 2.89. The molecule has 0 bridgehead atoms. The minimum Gasteiger partial charge on any atom is -0.493 e. The number of aliphatic hydroxyl groups is 1. The maximum atomic E-state index is 9.60. The molecule has 0 radical (unpaired) electrons. The molecule has 0 spiro atoms. The molecule has 7 nitrogen and oxygen atoms in total. The second-order valence-corrected chi connectivity index (χ2v) is 6.20. The maximum Gasteiger partial charge on any atom is 0.454 e. The summed E-state index contributed by atoms with van der Waals surface area (Å²) in [4.78, 5) is 9.06. The van der Waals surface area contributed by atoms with Gasteiger partial charge in [-0.3, -0.25) is 0 Å². The minimum absolute atomic E-state index is 0.0221. The van der Waals surface area contributed by atoms with Gasteiger partial charge in [0, 0.05) is 23.8 Å². The second kappa shape index (κ2) is 8.48. The Morgan fingerprint density at radius 2 is 2.12 bits per heavy atom. The van der Waals surface area contributed by atoms with Gasteiger partial charge in [-0.1, -0.05) is 6.92 Å². The molecule has 2 N–H and O–H groups in total. The molecule has 1 aliphatic rings. The fraction of sp³-hybridized carbons (Fsp3) is 0.444. The zero-order valence-electron chi connectivity index (χ0n) is 15.0. The first kappa shape index (κ1) is 18.6. The number of hydrogen-bond donors (Lipinski definition) is 2. The molecule has 1 saturated heterocycles. The Morgan fingerprint density at radius 3 is 2.77 bits per heavy atom. The van der Waals surface area contributed by atoms with Crippen LogP contribution in [0.3, 0.4) is 0 Å². The highest BCUT2D eigenvalue weighted by molar-refractivity contribution is 6.43. The summed E-state index contributed by atoms with van der Waals surface area (Å²) in [6, 6.07) is 7.28. The van der Waals surface area contributed by atoms with Crippen LogP contribution in [0.4, 0.5) is 0 Å². The molecular weight excluding hydrogens is 335 g/mol. The molecule has 26 heavy (non-hydrogen) atoms. The summed E-state index contributed by atoms with van der Waals surface area (Å²) >= 11 is 0. The second-order valence-electron chi connectivity index (χ2n) is 6.20. The van der Waals surface area contributed by atoms with Crippen molar-refractivity contribution in [2.75, 3.05) is 20.3 Å². The molecule has 8 heteroatoms. The van der Waals surface area contributed by atoms with Crippen LogP contribution in [0.2, 0.25) is 6.32 Å². The number of ether oxygens (including phenoxy) is 2. The summed E-state index contributed by atoms with van der Waals surface area (Å²) in [5.74, 6) is 1.75. The molecule has 3 rings (SSSR count). The van der Waals surface area contributed by atoms with Gasteiger partial charge in [0.2, 0.25) is 0 Å². The van der Waals surface area contributed by atoms with Crippen LogP contribution in [0.15, 0.2) is 24.3 Å². The van der Waals surface area contributed by atoms with E-state index in [2.05, 4.69) is 9.97 Å². The van der Waals surface area contributed by atoms with Crippen molar-refractivity contribution in [3.63, 3.8) is 0 Å². The lowest BCUT2D eigenvalue weighted by atomic mass is 9.81. The molecule has 0 unspecified atom stereocenters. The highest BCUT2D eigenvalue weighted by Crippen LogP contribution is 2.33. The van der Waals surface area contributed by atoms with Crippen molar-refractivity contribution in [2.24, 2.45) is 0 Å². The molecular formula is C18H23BN2O5. The highest BCUT2D eigenvalue weighted by Gasteiger charge is 2.31. The Hall–Kier alpha value is -2.16. The number of aliphatic hydroxyl groups excluding tert-OH is 1. The van der Waals surface area contributed by atoms with Gasteiger partial charge >= 0.3 is 7.12 Å². The average molecular weight is 358 g/mol. The molecule has 1 aliphatic heterocycles. The van der Waals surface area contributed by atoms with Crippen molar-refractivity contribution in [1.29, 1.82) is 0 Å². The van der Waals surface area contributed by atoms with E-state index < -0.39 is 7.12 Å². The number of hydrogen-bond acceptors (Lipinski definition) is 7. The van der Waals surface area contributed by atoms with E-state index in [0.717, 1.165) is 17.7 Å². The number of rotatable bonds is 7. The molecule has 0 amide bonds. The van der Waals surface area contributed by atoms with Crippen LogP contribution in [-0.2, 0) is 11.3 Å². The highest BCUT2D eigenvalue weighted by atomic mass is 16.5. The molecule has 0 aliphatic carbocycles. The monoisotopic (exact) mass is 358 g/mol. The van der Waals surface area contributed by atoms with Gasteiger partial charge in [0.1, 0.15) is 0 Å². The zero-order chi connectivity index (χ0) is 18.5. The molecule has 2 heterocycles. The summed E-state index contributed by atoms with van der Waals surface area (Å²) in [6.45, 7) is 2.83. The van der Waals surface area contributed by atoms with Crippen molar-refractivity contribution in [1.82, 2.24) is 9.97 Å². The lowest BCUT2D eigenvalue weighted by molar-refractivity contribution is 0.275. The SMILES string of the molecule is CCCOc1cc(-c2nc(CO)cc([C@H]3COB(O)C3)n2)ccc1OC. The minimum atomic E-state index is -0.772. The van der Waals surface area contributed by atoms with Crippen molar-refractivity contribution < 1.29 is 24.3 Å². The summed E-state index contributed by atoms with van der Waals surface area (Å²) in [5.41, 5.74) is 2.05. The van der Waals surface area contributed by atoms with Crippen LogP contribution in [0.1, 0.15) is 30.7 Å². The van der Waals surface area contributed by atoms with E-state index >= 15 is 0 Å². The quantitative estimate of drug-likeness (QED) is 0.732. The van der Waals surface area contributed by atoms with E-state index in [1.165, 1.54) is 0 Å². The first-order valence-corrected chi connectivity index (χ1v) is 8.74. The Bertz CT molecular complexity index is 758. The molecule has 1 aromatic heterocycles. The first-order chi connectivity index (χ1) is 12.6. The van der Waals surface area contributed by atoms with Gasteiger partial charge < -0.3 is 24.3 Å². The third-order valence-electron chi connectivity index (χ3n) is 4.24. The predicted molar refractivity (Wildman–Crippen MR) is 97.2 cm³/mol. The van der Waals surface area contributed by atoms with Crippen molar-refractivity contribution in [3.05, 3.63) is 35.7 Å². The molecule has 138 valence electrons. The normalized spacial score (nSPS) is 16.8. The number of methoxy groups -OCH3 is 1.